The second kappa shape index (κ2) is 12.6. The third-order valence-electron chi connectivity index (χ3n) is 8.45. The van der Waals surface area contributed by atoms with E-state index in [1.54, 1.807) is 30.3 Å². The zero-order valence-corrected chi connectivity index (χ0v) is 26.9. The lowest BCUT2D eigenvalue weighted by molar-refractivity contribution is -0.384. The highest BCUT2D eigenvalue weighted by atomic mass is 32.2. The topological polar surface area (TPSA) is 145 Å². The van der Waals surface area contributed by atoms with Gasteiger partial charge in [0.25, 0.3) is 17.5 Å². The Kier molecular flexibility index (Phi) is 8.51. The number of benzene rings is 3. The van der Waals surface area contributed by atoms with Crippen molar-refractivity contribution in [2.45, 2.75) is 44.2 Å². The van der Waals surface area contributed by atoms with Crippen LogP contribution in [0.2, 0.25) is 0 Å². The van der Waals surface area contributed by atoms with E-state index in [2.05, 4.69) is 13.8 Å². The Morgan fingerprint density at radius 2 is 1.62 bits per heavy atom. The van der Waals surface area contributed by atoms with Crippen molar-refractivity contribution in [2.24, 2.45) is 0 Å². The minimum absolute atomic E-state index is 0.0117. The first kappa shape index (κ1) is 31.8. The van der Waals surface area contributed by atoms with E-state index in [1.165, 1.54) is 22.7 Å². The summed E-state index contributed by atoms with van der Waals surface area (Å²) in [6.07, 6.45) is 3.14. The number of fused-ring (bicyclic) bond motifs is 2. The number of amides is 2. The minimum Gasteiger partial charge on any atom is -0.501 e. The van der Waals surface area contributed by atoms with Crippen molar-refractivity contribution in [3.63, 3.8) is 0 Å². The van der Waals surface area contributed by atoms with Gasteiger partial charge in [0, 0.05) is 36.9 Å². The van der Waals surface area contributed by atoms with E-state index in [9.17, 15) is 28.1 Å². The molecule has 0 N–H and O–H groups in total. The number of nitrogens with zero attached hydrogens (tertiary/aromatic N) is 5. The third kappa shape index (κ3) is 5.72. The Balaban J connectivity index is 1.51. The average Bonchev–Trinajstić information content (AvgIpc) is 3.56. The van der Waals surface area contributed by atoms with E-state index >= 15 is 0 Å². The maximum absolute atomic E-state index is 14.3. The van der Waals surface area contributed by atoms with Crippen LogP contribution in [0.1, 0.15) is 70.4 Å². The summed E-state index contributed by atoms with van der Waals surface area (Å²) in [5.74, 6) is -0.118. The number of hydrogen-bond acceptors (Lipinski definition) is 8. The molecule has 6 rings (SSSR count). The largest absolute Gasteiger partial charge is 0.501 e. The maximum Gasteiger partial charge on any atom is 0.269 e. The number of carbonyl (C=O) groups excluding carboxylic acids is 2. The van der Waals surface area contributed by atoms with Gasteiger partial charge in [-0.05, 0) is 42.7 Å². The molecule has 0 saturated heterocycles. The molecule has 2 aliphatic heterocycles. The number of imidazole rings is 1. The van der Waals surface area contributed by atoms with Crippen LogP contribution in [0.15, 0.2) is 84.0 Å². The fraction of sp³-hybridized carbons (Fsp3) is 0.265. The smallest absolute Gasteiger partial charge is 0.269 e. The Morgan fingerprint density at radius 1 is 0.979 bits per heavy atom. The highest BCUT2D eigenvalue weighted by Gasteiger charge is 2.44. The second-order valence-corrected chi connectivity index (χ2v) is 13.4. The van der Waals surface area contributed by atoms with Gasteiger partial charge in [-0.25, -0.2) is 13.4 Å². The number of carbonyl (C=O) groups is 2. The van der Waals surface area contributed by atoms with Gasteiger partial charge in [-0.15, -0.1) is 0 Å². The predicted octanol–water partition coefficient (Wildman–Crippen LogP) is 5.63. The van der Waals surface area contributed by atoms with Crippen molar-refractivity contribution < 1.29 is 27.7 Å². The van der Waals surface area contributed by atoms with Crippen molar-refractivity contribution >= 4 is 33.6 Å². The molecule has 1 unspecified atom stereocenters. The van der Waals surface area contributed by atoms with Crippen LogP contribution in [-0.4, -0.2) is 63.6 Å². The van der Waals surface area contributed by atoms with Gasteiger partial charge < -0.3 is 9.30 Å². The monoisotopic (exact) mass is 655 g/mol. The molecule has 12 nitrogen and oxygen atoms in total. The zero-order valence-electron chi connectivity index (χ0n) is 26.1. The third-order valence-corrected chi connectivity index (χ3v) is 10.4. The molecule has 1 atom stereocenters. The van der Waals surface area contributed by atoms with Gasteiger partial charge >= 0.3 is 0 Å². The quantitative estimate of drug-likeness (QED) is 0.0925. The van der Waals surface area contributed by atoms with E-state index in [-0.39, 0.29) is 41.3 Å². The summed E-state index contributed by atoms with van der Waals surface area (Å²) in [5, 5.41) is 11.3. The Labute approximate surface area is 272 Å². The molecule has 47 heavy (non-hydrogen) atoms. The van der Waals surface area contributed by atoms with Gasteiger partial charge in [0.05, 0.1) is 57.8 Å². The molecule has 2 aliphatic rings. The molecule has 242 valence electrons. The molecule has 3 heterocycles. The molecule has 0 bridgehead atoms. The summed E-state index contributed by atoms with van der Waals surface area (Å²) in [6, 6.07) is 18.1. The Hall–Kier alpha value is -5.14. The van der Waals surface area contributed by atoms with Crippen LogP contribution in [-0.2, 0) is 21.3 Å². The lowest BCUT2D eigenvalue weighted by Crippen LogP contribution is -2.48. The fourth-order valence-corrected chi connectivity index (χ4v) is 7.61. The molecule has 0 saturated carbocycles. The van der Waals surface area contributed by atoms with Gasteiger partial charge in [0.2, 0.25) is 10.0 Å². The van der Waals surface area contributed by atoms with Gasteiger partial charge in [0.1, 0.15) is 5.82 Å². The molecule has 0 spiro atoms. The molecule has 1 aromatic heterocycles. The van der Waals surface area contributed by atoms with Crippen molar-refractivity contribution in [2.75, 3.05) is 19.7 Å². The van der Waals surface area contributed by atoms with Crippen LogP contribution < -0.4 is 0 Å². The molecular weight excluding hydrogens is 622 g/mol. The number of ether oxygens (including phenoxy) is 1. The molecule has 0 aliphatic carbocycles. The van der Waals surface area contributed by atoms with Gasteiger partial charge in [-0.2, -0.15) is 4.31 Å². The van der Waals surface area contributed by atoms with E-state index in [0.717, 1.165) is 28.2 Å². The summed E-state index contributed by atoms with van der Waals surface area (Å²) >= 11 is 0. The molecule has 2 amide bonds. The zero-order chi connectivity index (χ0) is 33.5. The Bertz CT molecular complexity index is 1970. The molecule has 0 fully saturated rings. The van der Waals surface area contributed by atoms with Crippen molar-refractivity contribution in [1.29, 1.82) is 0 Å². The first-order valence-electron chi connectivity index (χ1n) is 15.2. The van der Waals surface area contributed by atoms with Crippen molar-refractivity contribution in [3.8, 4) is 11.4 Å². The van der Waals surface area contributed by atoms with E-state index in [1.807, 2.05) is 35.8 Å². The molecular formula is C34H33N5O7S. The fourth-order valence-electron chi connectivity index (χ4n) is 6.04. The van der Waals surface area contributed by atoms with E-state index < -0.39 is 32.8 Å². The van der Waals surface area contributed by atoms with Crippen molar-refractivity contribution in [3.05, 3.63) is 117 Å². The number of aromatic nitrogens is 2. The number of imide groups is 1. The van der Waals surface area contributed by atoms with Gasteiger partial charge in [0.15, 0.2) is 0 Å². The van der Waals surface area contributed by atoms with Gasteiger partial charge in [-0.1, -0.05) is 50.2 Å². The molecule has 13 heteroatoms. The summed E-state index contributed by atoms with van der Waals surface area (Å²) in [5.41, 5.74) is 3.11. The molecule has 3 aromatic carbocycles. The highest BCUT2D eigenvalue weighted by Crippen LogP contribution is 2.39. The normalized spacial score (nSPS) is 16.6. The molecule has 0 radical (unpaired) electrons. The standard InChI is InChI=1S/C34H33N5O7S/c1-4-46-20-17-29-31-30(21-37-33(40)27-7-5-6-8-28(27)34(37)41)38(47(44,45)26-15-13-25(14-16-26)39(42)43)19-18-36(31)32(35-29)24-11-9-23(10-12-24)22(2)3/h5-17,20,22,30H,4,18-19,21H2,1-3H3/b20-17-. The van der Waals surface area contributed by atoms with Crippen LogP contribution >= 0.6 is 0 Å². The van der Waals surface area contributed by atoms with Crippen LogP contribution in [0, 0.1) is 10.1 Å². The maximum atomic E-state index is 14.3. The Morgan fingerprint density at radius 3 is 2.19 bits per heavy atom. The van der Waals surface area contributed by atoms with E-state index in [4.69, 9.17) is 9.72 Å². The van der Waals surface area contributed by atoms with Gasteiger partial charge in [-0.3, -0.25) is 24.6 Å². The number of sulfonamides is 1. The number of nitro benzene ring substituents is 1. The second-order valence-electron chi connectivity index (χ2n) is 11.5. The SMILES string of the molecule is CCO/C=C\c1nc(-c2ccc(C(C)C)cc2)n2c1C(CN1C(=O)c3ccccc3C1=O)N(S(=O)(=O)c1ccc([N+](=O)[O-])cc1)CC2. The summed E-state index contributed by atoms with van der Waals surface area (Å²) in [6.45, 7) is 6.36. The lowest BCUT2D eigenvalue weighted by atomic mass is 10.0. The number of rotatable bonds is 10. The molecule has 4 aromatic rings. The number of hydrogen-bond donors (Lipinski definition) is 0. The first-order chi connectivity index (χ1) is 22.5. The number of non-ortho nitro benzene ring substituents is 1. The highest BCUT2D eigenvalue weighted by molar-refractivity contribution is 7.89. The van der Waals surface area contributed by atoms with Crippen LogP contribution in [0.4, 0.5) is 5.69 Å². The average molecular weight is 656 g/mol. The lowest BCUT2D eigenvalue weighted by Gasteiger charge is -2.37. The summed E-state index contributed by atoms with van der Waals surface area (Å²) in [4.78, 5) is 43.6. The van der Waals surface area contributed by atoms with Crippen molar-refractivity contribution in [1.82, 2.24) is 18.8 Å². The summed E-state index contributed by atoms with van der Waals surface area (Å²) < 4.78 is 37.2. The first-order valence-corrected chi connectivity index (χ1v) is 16.7. The van der Waals surface area contributed by atoms with Crippen LogP contribution in [0.25, 0.3) is 17.5 Å². The van der Waals surface area contributed by atoms with E-state index in [0.29, 0.717) is 29.7 Å². The van der Waals surface area contributed by atoms with Crippen LogP contribution in [0.5, 0.6) is 0 Å². The van der Waals surface area contributed by atoms with Crippen LogP contribution in [0.3, 0.4) is 0 Å². The predicted molar refractivity (Wildman–Crippen MR) is 174 cm³/mol. The minimum atomic E-state index is -4.29. The summed E-state index contributed by atoms with van der Waals surface area (Å²) in [7, 11) is -4.29. The number of nitro groups is 1.